The molecule has 6 nitrogen and oxygen atoms in total. The second-order valence-electron chi connectivity index (χ2n) is 5.88. The van der Waals surface area contributed by atoms with Crippen molar-refractivity contribution in [3.8, 4) is 6.07 Å². The Morgan fingerprint density at radius 1 is 1.20 bits per heavy atom. The number of hydrazone groups is 2. The predicted molar refractivity (Wildman–Crippen MR) is 95.9 cm³/mol. The van der Waals surface area contributed by atoms with Crippen LogP contribution in [-0.4, -0.2) is 17.3 Å². The summed E-state index contributed by atoms with van der Waals surface area (Å²) in [6, 6.07) is 16.9. The highest BCUT2D eigenvalue weighted by Crippen LogP contribution is 2.18. The fraction of sp³-hybridized carbons (Fsp3) is 0.158. The summed E-state index contributed by atoms with van der Waals surface area (Å²) < 4.78 is 0. The van der Waals surface area contributed by atoms with Crippen molar-refractivity contribution in [2.75, 3.05) is 0 Å². The number of carbonyl (C=O) groups is 1. The molecule has 124 valence electrons. The maximum absolute atomic E-state index is 11.4. The van der Waals surface area contributed by atoms with E-state index < -0.39 is 0 Å². The largest absolute Gasteiger partial charge is 0.323 e. The molecule has 3 N–H and O–H groups in total. The Kier molecular flexibility index (Phi) is 4.57. The van der Waals surface area contributed by atoms with E-state index in [9.17, 15) is 4.79 Å². The Morgan fingerprint density at radius 2 is 1.80 bits per heavy atom. The standard InChI is InChI=1S/C19H17N5O/c1-12-10-17(25)23-24-18(12)14-6-8-16(9-7-14)19(22-21)15-4-2-13(11-20)3-5-15/h2-9,12H,10,21H2,1H3,(H,23,25)/b22-19+. The number of nitrogens with two attached hydrogens (primary N) is 1. The number of nitriles is 1. The first kappa shape index (κ1) is 16.4. The monoisotopic (exact) mass is 331 g/mol. The molecule has 1 aliphatic heterocycles. The van der Waals surface area contributed by atoms with Crippen molar-refractivity contribution in [1.29, 1.82) is 5.26 Å². The van der Waals surface area contributed by atoms with E-state index >= 15 is 0 Å². The van der Waals surface area contributed by atoms with Crippen molar-refractivity contribution < 1.29 is 4.79 Å². The number of amides is 1. The van der Waals surface area contributed by atoms with Crippen LogP contribution < -0.4 is 11.3 Å². The Bertz CT molecular complexity index is 889. The van der Waals surface area contributed by atoms with E-state index in [0.717, 1.165) is 22.4 Å². The van der Waals surface area contributed by atoms with Crippen LogP contribution in [0.1, 0.15) is 35.6 Å². The molecule has 0 bridgehead atoms. The molecule has 1 heterocycles. The van der Waals surface area contributed by atoms with Crippen LogP contribution >= 0.6 is 0 Å². The third-order valence-electron chi connectivity index (χ3n) is 4.13. The van der Waals surface area contributed by atoms with Crippen molar-refractivity contribution >= 4 is 17.3 Å². The minimum absolute atomic E-state index is 0.0637. The molecule has 2 aromatic rings. The van der Waals surface area contributed by atoms with Crippen LogP contribution in [0.2, 0.25) is 0 Å². The zero-order chi connectivity index (χ0) is 17.8. The van der Waals surface area contributed by atoms with Gasteiger partial charge in [-0.2, -0.15) is 15.5 Å². The molecule has 0 aromatic heterocycles. The van der Waals surface area contributed by atoms with Gasteiger partial charge in [0.25, 0.3) is 0 Å². The number of nitrogens with one attached hydrogen (secondary N) is 1. The van der Waals surface area contributed by atoms with Crippen LogP contribution in [0.15, 0.2) is 58.7 Å². The molecule has 1 atom stereocenters. The average molecular weight is 331 g/mol. The summed E-state index contributed by atoms with van der Waals surface area (Å²) in [7, 11) is 0. The lowest BCUT2D eigenvalue weighted by Crippen LogP contribution is -2.31. The molecular weight excluding hydrogens is 314 g/mol. The number of carbonyl (C=O) groups excluding carboxylic acids is 1. The topological polar surface area (TPSA) is 104 Å². The summed E-state index contributed by atoms with van der Waals surface area (Å²) in [6.45, 7) is 1.98. The van der Waals surface area contributed by atoms with Gasteiger partial charge in [-0.1, -0.05) is 43.3 Å². The Labute approximate surface area is 145 Å². The van der Waals surface area contributed by atoms with Gasteiger partial charge in [0.15, 0.2) is 0 Å². The van der Waals surface area contributed by atoms with E-state index in [1.807, 2.05) is 43.3 Å². The third kappa shape index (κ3) is 3.40. The Balaban J connectivity index is 1.88. The van der Waals surface area contributed by atoms with Gasteiger partial charge in [0, 0.05) is 23.5 Å². The number of rotatable bonds is 3. The fourth-order valence-corrected chi connectivity index (χ4v) is 2.82. The molecule has 6 heteroatoms. The highest BCUT2D eigenvalue weighted by molar-refractivity contribution is 6.13. The van der Waals surface area contributed by atoms with Gasteiger partial charge in [-0.25, -0.2) is 5.43 Å². The second-order valence-corrected chi connectivity index (χ2v) is 5.88. The van der Waals surface area contributed by atoms with Crippen molar-refractivity contribution in [3.05, 3.63) is 70.8 Å². The van der Waals surface area contributed by atoms with E-state index in [0.29, 0.717) is 17.7 Å². The number of hydrogen-bond donors (Lipinski definition) is 2. The summed E-state index contributed by atoms with van der Waals surface area (Å²) in [5.74, 6) is 5.58. The molecule has 0 saturated carbocycles. The van der Waals surface area contributed by atoms with Crippen LogP contribution in [0, 0.1) is 17.2 Å². The molecule has 0 saturated heterocycles. The molecular formula is C19H17N5O. The summed E-state index contributed by atoms with van der Waals surface area (Å²) in [5.41, 5.74) is 7.26. The lowest BCUT2D eigenvalue weighted by molar-refractivity contribution is -0.121. The van der Waals surface area contributed by atoms with E-state index in [1.54, 1.807) is 12.1 Å². The SMILES string of the molecule is CC1CC(=O)NN=C1c1ccc(/C(=N/N)c2ccc(C#N)cc2)cc1. The summed E-state index contributed by atoms with van der Waals surface area (Å²) in [6.07, 6.45) is 0.432. The third-order valence-corrected chi connectivity index (χ3v) is 4.13. The molecule has 2 aromatic carbocycles. The normalized spacial score (nSPS) is 17.4. The van der Waals surface area contributed by atoms with Gasteiger partial charge in [-0.15, -0.1) is 0 Å². The lowest BCUT2D eigenvalue weighted by Gasteiger charge is -2.19. The van der Waals surface area contributed by atoms with E-state index in [1.165, 1.54) is 0 Å². The summed E-state index contributed by atoms with van der Waals surface area (Å²) in [4.78, 5) is 11.4. The van der Waals surface area contributed by atoms with Crippen molar-refractivity contribution in [2.24, 2.45) is 22.0 Å². The van der Waals surface area contributed by atoms with Gasteiger partial charge in [-0.3, -0.25) is 4.79 Å². The molecule has 0 fully saturated rings. The summed E-state index contributed by atoms with van der Waals surface area (Å²) >= 11 is 0. The van der Waals surface area contributed by atoms with Gasteiger partial charge < -0.3 is 5.84 Å². The second kappa shape index (κ2) is 6.97. The molecule has 25 heavy (non-hydrogen) atoms. The maximum Gasteiger partial charge on any atom is 0.240 e. The minimum Gasteiger partial charge on any atom is -0.323 e. The van der Waals surface area contributed by atoms with Gasteiger partial charge >= 0.3 is 0 Å². The van der Waals surface area contributed by atoms with Crippen molar-refractivity contribution in [3.63, 3.8) is 0 Å². The van der Waals surface area contributed by atoms with Crippen molar-refractivity contribution in [2.45, 2.75) is 13.3 Å². The van der Waals surface area contributed by atoms with E-state index in [2.05, 4.69) is 21.7 Å². The first-order valence-electron chi connectivity index (χ1n) is 7.88. The van der Waals surface area contributed by atoms with Gasteiger partial charge in [-0.05, 0) is 17.7 Å². The van der Waals surface area contributed by atoms with Gasteiger partial charge in [0.1, 0.15) is 0 Å². The van der Waals surface area contributed by atoms with Crippen LogP contribution in [0.25, 0.3) is 0 Å². The first-order valence-corrected chi connectivity index (χ1v) is 7.88. The number of benzene rings is 2. The Hall–Kier alpha value is -3.46. The quantitative estimate of drug-likeness (QED) is 0.511. The number of hydrogen-bond acceptors (Lipinski definition) is 5. The van der Waals surface area contributed by atoms with Crippen LogP contribution in [0.4, 0.5) is 0 Å². The maximum atomic E-state index is 11.4. The molecule has 1 aliphatic rings. The van der Waals surface area contributed by atoms with E-state index in [4.69, 9.17) is 11.1 Å². The molecule has 0 radical (unpaired) electrons. The molecule has 3 rings (SSSR count). The van der Waals surface area contributed by atoms with Gasteiger partial charge in [0.05, 0.1) is 23.1 Å². The highest BCUT2D eigenvalue weighted by Gasteiger charge is 2.21. The number of nitrogens with zero attached hydrogens (tertiary/aromatic N) is 3. The zero-order valence-corrected chi connectivity index (χ0v) is 13.7. The molecule has 1 amide bonds. The Morgan fingerprint density at radius 3 is 2.32 bits per heavy atom. The van der Waals surface area contributed by atoms with E-state index in [-0.39, 0.29) is 11.8 Å². The first-order chi connectivity index (χ1) is 12.1. The smallest absolute Gasteiger partial charge is 0.240 e. The van der Waals surface area contributed by atoms with Crippen LogP contribution in [0.5, 0.6) is 0 Å². The van der Waals surface area contributed by atoms with Crippen LogP contribution in [-0.2, 0) is 4.79 Å². The zero-order valence-electron chi connectivity index (χ0n) is 13.7. The van der Waals surface area contributed by atoms with Crippen LogP contribution in [0.3, 0.4) is 0 Å². The molecule has 0 spiro atoms. The lowest BCUT2D eigenvalue weighted by atomic mass is 9.92. The predicted octanol–water partition coefficient (Wildman–Crippen LogP) is 2.13. The highest BCUT2D eigenvalue weighted by atomic mass is 16.2. The molecule has 0 aliphatic carbocycles. The fourth-order valence-electron chi connectivity index (χ4n) is 2.82. The minimum atomic E-state index is -0.0637. The average Bonchev–Trinajstić information content (AvgIpc) is 2.64. The molecule has 1 unspecified atom stereocenters. The van der Waals surface area contributed by atoms with Gasteiger partial charge in [0.2, 0.25) is 5.91 Å². The van der Waals surface area contributed by atoms with Crippen molar-refractivity contribution in [1.82, 2.24) is 5.43 Å². The summed E-state index contributed by atoms with van der Waals surface area (Å²) in [5, 5.41) is 17.0.